The van der Waals surface area contributed by atoms with Crippen molar-refractivity contribution in [3.8, 4) is 0 Å². The molecule has 1 aromatic heterocycles. The van der Waals surface area contributed by atoms with Crippen molar-refractivity contribution in [2.75, 3.05) is 11.4 Å². The monoisotopic (exact) mass is 287 g/mol. The van der Waals surface area contributed by atoms with E-state index < -0.39 is 5.97 Å². The summed E-state index contributed by atoms with van der Waals surface area (Å²) in [6, 6.07) is 5.23. The number of carboxylic acid groups (broad SMARTS) is 1. The molecule has 6 heteroatoms. The second-order valence-electron chi connectivity index (χ2n) is 5.52. The van der Waals surface area contributed by atoms with Gasteiger partial charge < -0.3 is 14.5 Å². The Kier molecular flexibility index (Phi) is 3.37. The van der Waals surface area contributed by atoms with Crippen LogP contribution in [0.5, 0.6) is 0 Å². The van der Waals surface area contributed by atoms with Crippen molar-refractivity contribution in [1.82, 2.24) is 10.1 Å². The van der Waals surface area contributed by atoms with Crippen LogP contribution >= 0.6 is 0 Å². The summed E-state index contributed by atoms with van der Waals surface area (Å²) in [5, 5.41) is 13.0. The predicted molar refractivity (Wildman–Crippen MR) is 76.5 cm³/mol. The Morgan fingerprint density at radius 1 is 1.48 bits per heavy atom. The van der Waals surface area contributed by atoms with E-state index >= 15 is 0 Å². The van der Waals surface area contributed by atoms with Crippen LogP contribution in [0.15, 0.2) is 22.7 Å². The summed E-state index contributed by atoms with van der Waals surface area (Å²) in [5.41, 5.74) is 2.43. The second kappa shape index (κ2) is 5.20. The standard InChI is InChI=1S/C15H17N3O3/c1-9(2)14-16-13(21-17-14)8-18-6-5-10-7-11(15(19)20)3-4-12(10)18/h3-4,7,9H,5-6,8H2,1-2H3,(H,19,20). The van der Waals surface area contributed by atoms with E-state index in [4.69, 9.17) is 9.63 Å². The van der Waals surface area contributed by atoms with Crippen LogP contribution in [0.3, 0.4) is 0 Å². The minimum absolute atomic E-state index is 0.242. The molecular formula is C15H17N3O3. The molecule has 3 rings (SSSR count). The van der Waals surface area contributed by atoms with Gasteiger partial charge in [-0.05, 0) is 30.2 Å². The highest BCUT2D eigenvalue weighted by Crippen LogP contribution is 2.30. The lowest BCUT2D eigenvalue weighted by Crippen LogP contribution is -2.19. The van der Waals surface area contributed by atoms with E-state index in [9.17, 15) is 4.79 Å². The molecule has 0 radical (unpaired) electrons. The van der Waals surface area contributed by atoms with Gasteiger partial charge in [0.25, 0.3) is 0 Å². The maximum Gasteiger partial charge on any atom is 0.335 e. The predicted octanol–water partition coefficient (Wildman–Crippen LogP) is 2.45. The van der Waals surface area contributed by atoms with Crippen LogP contribution < -0.4 is 4.90 Å². The van der Waals surface area contributed by atoms with Crippen LogP contribution in [0.25, 0.3) is 0 Å². The number of aromatic carboxylic acids is 1. The summed E-state index contributed by atoms with van der Waals surface area (Å²) in [4.78, 5) is 17.5. The first-order valence-electron chi connectivity index (χ1n) is 6.98. The number of benzene rings is 1. The normalized spacial score (nSPS) is 13.8. The molecule has 0 fully saturated rings. The summed E-state index contributed by atoms with van der Waals surface area (Å²) in [6.45, 7) is 5.43. The van der Waals surface area contributed by atoms with Crippen LogP contribution in [0.2, 0.25) is 0 Å². The van der Waals surface area contributed by atoms with Gasteiger partial charge >= 0.3 is 5.97 Å². The number of carboxylic acids is 1. The molecule has 0 saturated heterocycles. The van der Waals surface area contributed by atoms with Crippen LogP contribution in [0.4, 0.5) is 5.69 Å². The number of fused-ring (bicyclic) bond motifs is 1. The van der Waals surface area contributed by atoms with Gasteiger partial charge in [-0.1, -0.05) is 19.0 Å². The third-order valence-electron chi connectivity index (χ3n) is 3.64. The SMILES string of the molecule is CC(C)c1noc(CN2CCc3cc(C(=O)O)ccc32)n1. The maximum atomic E-state index is 11.0. The lowest BCUT2D eigenvalue weighted by molar-refractivity contribution is 0.0697. The van der Waals surface area contributed by atoms with Gasteiger partial charge in [0.2, 0.25) is 5.89 Å². The van der Waals surface area contributed by atoms with Crippen molar-refractivity contribution in [1.29, 1.82) is 0 Å². The van der Waals surface area contributed by atoms with Crippen molar-refractivity contribution in [2.24, 2.45) is 0 Å². The topological polar surface area (TPSA) is 79.5 Å². The molecule has 6 nitrogen and oxygen atoms in total. The summed E-state index contributed by atoms with van der Waals surface area (Å²) in [7, 11) is 0. The molecule has 0 bridgehead atoms. The second-order valence-corrected chi connectivity index (χ2v) is 5.52. The molecule has 0 amide bonds. The summed E-state index contributed by atoms with van der Waals surface area (Å²) in [6.07, 6.45) is 0.835. The molecule has 1 aromatic carbocycles. The Balaban J connectivity index is 1.79. The van der Waals surface area contributed by atoms with Gasteiger partial charge in [-0.2, -0.15) is 4.98 Å². The molecule has 1 N–H and O–H groups in total. The van der Waals surface area contributed by atoms with E-state index in [0.29, 0.717) is 23.8 Å². The highest BCUT2D eigenvalue weighted by atomic mass is 16.5. The summed E-state index contributed by atoms with van der Waals surface area (Å²) >= 11 is 0. The first-order chi connectivity index (χ1) is 10.0. The number of carbonyl (C=O) groups is 1. The van der Waals surface area contributed by atoms with Gasteiger partial charge in [-0.3, -0.25) is 0 Å². The fraction of sp³-hybridized carbons (Fsp3) is 0.400. The fourth-order valence-electron chi connectivity index (χ4n) is 2.50. The van der Waals surface area contributed by atoms with Gasteiger partial charge in [0, 0.05) is 18.2 Å². The number of aromatic nitrogens is 2. The number of anilines is 1. The number of hydrogen-bond acceptors (Lipinski definition) is 5. The number of hydrogen-bond donors (Lipinski definition) is 1. The highest BCUT2D eigenvalue weighted by Gasteiger charge is 2.22. The van der Waals surface area contributed by atoms with Crippen LogP contribution in [0.1, 0.15) is 47.4 Å². The molecule has 0 atom stereocenters. The lowest BCUT2D eigenvalue weighted by Gasteiger charge is -2.16. The molecule has 1 aliphatic heterocycles. The van der Waals surface area contributed by atoms with Crippen molar-refractivity contribution in [3.63, 3.8) is 0 Å². The van der Waals surface area contributed by atoms with E-state index in [1.807, 2.05) is 19.9 Å². The summed E-state index contributed by atoms with van der Waals surface area (Å²) in [5.74, 6) is 0.653. The average Bonchev–Trinajstić information content (AvgIpc) is 3.06. The zero-order valence-electron chi connectivity index (χ0n) is 12.0. The maximum absolute atomic E-state index is 11.0. The minimum Gasteiger partial charge on any atom is -0.478 e. The van der Waals surface area contributed by atoms with Gasteiger partial charge in [0.1, 0.15) is 0 Å². The zero-order chi connectivity index (χ0) is 15.0. The molecule has 0 spiro atoms. The smallest absolute Gasteiger partial charge is 0.335 e. The molecule has 0 unspecified atom stereocenters. The third kappa shape index (κ3) is 2.61. The van der Waals surface area contributed by atoms with E-state index in [0.717, 1.165) is 24.2 Å². The first-order valence-corrected chi connectivity index (χ1v) is 6.98. The first kappa shape index (κ1) is 13.6. The van der Waals surface area contributed by atoms with Crippen LogP contribution in [-0.2, 0) is 13.0 Å². The molecule has 1 aliphatic rings. The van der Waals surface area contributed by atoms with E-state index in [2.05, 4.69) is 15.0 Å². The zero-order valence-corrected chi connectivity index (χ0v) is 12.0. The summed E-state index contributed by atoms with van der Waals surface area (Å²) < 4.78 is 5.27. The van der Waals surface area contributed by atoms with Crippen molar-refractivity contribution in [3.05, 3.63) is 41.0 Å². The largest absolute Gasteiger partial charge is 0.478 e. The van der Waals surface area contributed by atoms with Gasteiger partial charge in [-0.15, -0.1) is 0 Å². The van der Waals surface area contributed by atoms with Gasteiger partial charge in [0.05, 0.1) is 12.1 Å². The Morgan fingerprint density at radius 2 is 2.29 bits per heavy atom. The molecule has 0 saturated carbocycles. The molecule has 21 heavy (non-hydrogen) atoms. The van der Waals surface area contributed by atoms with Crippen molar-refractivity contribution < 1.29 is 14.4 Å². The van der Waals surface area contributed by atoms with Crippen LogP contribution in [-0.4, -0.2) is 27.8 Å². The quantitative estimate of drug-likeness (QED) is 0.930. The number of rotatable bonds is 4. The van der Waals surface area contributed by atoms with Gasteiger partial charge in [0.15, 0.2) is 5.82 Å². The molecular weight excluding hydrogens is 270 g/mol. The molecule has 0 aliphatic carbocycles. The Bertz CT molecular complexity index is 679. The van der Waals surface area contributed by atoms with E-state index in [-0.39, 0.29) is 5.92 Å². The Morgan fingerprint density at radius 3 is 2.95 bits per heavy atom. The van der Waals surface area contributed by atoms with E-state index in [1.165, 1.54) is 0 Å². The third-order valence-corrected chi connectivity index (χ3v) is 3.64. The van der Waals surface area contributed by atoms with Crippen molar-refractivity contribution in [2.45, 2.75) is 32.7 Å². The lowest BCUT2D eigenvalue weighted by atomic mass is 10.1. The highest BCUT2D eigenvalue weighted by molar-refractivity contribution is 5.88. The van der Waals surface area contributed by atoms with Crippen molar-refractivity contribution >= 4 is 11.7 Å². The molecule has 2 heterocycles. The molecule has 2 aromatic rings. The molecule has 110 valence electrons. The van der Waals surface area contributed by atoms with Gasteiger partial charge in [-0.25, -0.2) is 4.79 Å². The van der Waals surface area contributed by atoms with E-state index in [1.54, 1.807) is 12.1 Å². The Labute approximate surface area is 122 Å². The minimum atomic E-state index is -0.894. The average molecular weight is 287 g/mol. The number of nitrogens with zero attached hydrogens (tertiary/aromatic N) is 3. The fourth-order valence-corrected chi connectivity index (χ4v) is 2.50. The van der Waals surface area contributed by atoms with Crippen LogP contribution in [0, 0.1) is 0 Å². The Hall–Kier alpha value is -2.37.